The third-order valence-electron chi connectivity index (χ3n) is 4.82. The number of carbonyl (C=O) groups is 1. The standard InChI is InChI=1S/C19H20N4O3/c1-4-18-21-19-20-15-7-11(8-16(24)14(15)10-23(19)22-18)13-6-5-12(25-2)9-17(13)26-3/h5-6,9-11H,4,7-8H2,1-3H3/t11-/m1/s1. The minimum Gasteiger partial charge on any atom is -0.497 e. The average molecular weight is 352 g/mol. The van der Waals surface area contributed by atoms with Crippen LogP contribution in [0.3, 0.4) is 0 Å². The SMILES string of the molecule is CCc1nc2nc3c(cn2n1)C(=O)C[C@H](c1ccc(OC)cc1OC)C3. The summed E-state index contributed by atoms with van der Waals surface area (Å²) in [5, 5.41) is 4.35. The van der Waals surface area contributed by atoms with E-state index >= 15 is 0 Å². The zero-order valence-electron chi connectivity index (χ0n) is 15.0. The van der Waals surface area contributed by atoms with Gasteiger partial charge in [-0.3, -0.25) is 4.79 Å². The number of aromatic nitrogens is 4. The van der Waals surface area contributed by atoms with Crippen LogP contribution in [0.1, 0.15) is 46.7 Å². The number of benzene rings is 1. The molecule has 0 unspecified atom stereocenters. The van der Waals surface area contributed by atoms with E-state index in [-0.39, 0.29) is 11.7 Å². The van der Waals surface area contributed by atoms with E-state index in [0.29, 0.717) is 24.2 Å². The van der Waals surface area contributed by atoms with Crippen molar-refractivity contribution in [3.05, 3.63) is 47.0 Å². The molecule has 0 amide bonds. The van der Waals surface area contributed by atoms with Crippen LogP contribution in [0.25, 0.3) is 5.78 Å². The molecule has 0 saturated heterocycles. The van der Waals surface area contributed by atoms with Crippen molar-refractivity contribution in [1.29, 1.82) is 0 Å². The molecule has 0 radical (unpaired) electrons. The number of ether oxygens (including phenoxy) is 2. The lowest BCUT2D eigenvalue weighted by Gasteiger charge is -2.24. The molecule has 7 nitrogen and oxygen atoms in total. The molecule has 0 spiro atoms. The summed E-state index contributed by atoms with van der Waals surface area (Å²) in [6.07, 6.45) is 3.56. The van der Waals surface area contributed by atoms with Gasteiger partial charge in [0.15, 0.2) is 11.6 Å². The topological polar surface area (TPSA) is 78.6 Å². The molecule has 3 aromatic rings. The van der Waals surface area contributed by atoms with Gasteiger partial charge in [0.25, 0.3) is 5.78 Å². The van der Waals surface area contributed by atoms with Crippen LogP contribution < -0.4 is 9.47 Å². The Morgan fingerprint density at radius 3 is 2.77 bits per heavy atom. The van der Waals surface area contributed by atoms with Crippen LogP contribution in [-0.4, -0.2) is 39.6 Å². The van der Waals surface area contributed by atoms with Gasteiger partial charge in [-0.1, -0.05) is 13.0 Å². The molecule has 1 aliphatic carbocycles. The largest absolute Gasteiger partial charge is 0.497 e. The van der Waals surface area contributed by atoms with Gasteiger partial charge in [0.1, 0.15) is 11.5 Å². The molecule has 1 atom stereocenters. The molecule has 26 heavy (non-hydrogen) atoms. The van der Waals surface area contributed by atoms with Crippen molar-refractivity contribution in [2.75, 3.05) is 14.2 Å². The molecule has 4 rings (SSSR count). The van der Waals surface area contributed by atoms with Gasteiger partial charge in [-0.05, 0) is 18.1 Å². The highest BCUT2D eigenvalue weighted by molar-refractivity contribution is 5.98. The third kappa shape index (κ3) is 2.69. The molecular weight excluding hydrogens is 332 g/mol. The van der Waals surface area contributed by atoms with Crippen molar-refractivity contribution < 1.29 is 14.3 Å². The van der Waals surface area contributed by atoms with Crippen LogP contribution in [-0.2, 0) is 12.8 Å². The molecule has 0 fully saturated rings. The Morgan fingerprint density at radius 1 is 1.19 bits per heavy atom. The predicted octanol–water partition coefficient (Wildman–Crippen LogP) is 2.62. The second kappa shape index (κ2) is 6.40. The zero-order valence-corrected chi connectivity index (χ0v) is 15.0. The van der Waals surface area contributed by atoms with E-state index in [4.69, 9.17) is 9.47 Å². The zero-order chi connectivity index (χ0) is 18.3. The maximum Gasteiger partial charge on any atom is 0.252 e. The Hall–Kier alpha value is -2.96. The van der Waals surface area contributed by atoms with Gasteiger partial charge in [-0.15, -0.1) is 5.10 Å². The lowest BCUT2D eigenvalue weighted by molar-refractivity contribution is 0.0962. The minimum atomic E-state index is 0.0133. The van der Waals surface area contributed by atoms with Crippen LogP contribution in [0.15, 0.2) is 24.4 Å². The number of carbonyl (C=O) groups excluding carboxylic acids is 1. The van der Waals surface area contributed by atoms with E-state index in [0.717, 1.165) is 35.0 Å². The normalized spacial score (nSPS) is 16.6. The van der Waals surface area contributed by atoms with Crippen LogP contribution >= 0.6 is 0 Å². The quantitative estimate of drug-likeness (QED) is 0.718. The third-order valence-corrected chi connectivity index (χ3v) is 4.82. The molecule has 2 aromatic heterocycles. The maximum atomic E-state index is 12.7. The summed E-state index contributed by atoms with van der Waals surface area (Å²) in [5.41, 5.74) is 2.39. The van der Waals surface area contributed by atoms with Gasteiger partial charge >= 0.3 is 0 Å². The van der Waals surface area contributed by atoms with Crippen LogP contribution in [0.4, 0.5) is 0 Å². The Labute approximate surface area is 151 Å². The molecule has 1 aliphatic rings. The number of rotatable bonds is 4. The number of aryl methyl sites for hydroxylation is 1. The molecule has 0 N–H and O–H groups in total. The van der Waals surface area contributed by atoms with E-state index in [2.05, 4.69) is 15.1 Å². The van der Waals surface area contributed by atoms with Crippen LogP contribution in [0.5, 0.6) is 11.5 Å². The van der Waals surface area contributed by atoms with Crippen molar-refractivity contribution in [2.45, 2.75) is 32.1 Å². The maximum absolute atomic E-state index is 12.7. The molecule has 134 valence electrons. The fourth-order valence-electron chi connectivity index (χ4n) is 3.45. The van der Waals surface area contributed by atoms with Gasteiger partial charge in [-0.2, -0.15) is 4.98 Å². The van der Waals surface area contributed by atoms with Crippen molar-refractivity contribution in [3.8, 4) is 11.5 Å². The first-order chi connectivity index (χ1) is 12.6. The smallest absolute Gasteiger partial charge is 0.252 e. The van der Waals surface area contributed by atoms with Crippen molar-refractivity contribution >= 4 is 11.6 Å². The first-order valence-electron chi connectivity index (χ1n) is 8.63. The average Bonchev–Trinajstić information content (AvgIpc) is 3.08. The van der Waals surface area contributed by atoms with Gasteiger partial charge in [0, 0.05) is 31.0 Å². The molecule has 0 aliphatic heterocycles. The Balaban J connectivity index is 1.74. The molecule has 7 heteroatoms. The monoisotopic (exact) mass is 352 g/mol. The number of Topliss-reactive ketones (excluding diaryl/α,β-unsaturated/α-hetero) is 1. The molecule has 0 saturated carbocycles. The molecule has 1 aromatic carbocycles. The number of ketones is 1. The van der Waals surface area contributed by atoms with E-state index in [1.165, 1.54) is 0 Å². The summed E-state index contributed by atoms with van der Waals surface area (Å²) in [5.74, 6) is 2.79. The summed E-state index contributed by atoms with van der Waals surface area (Å²) in [7, 11) is 3.24. The molecule has 2 heterocycles. The van der Waals surface area contributed by atoms with E-state index in [9.17, 15) is 4.79 Å². The summed E-state index contributed by atoms with van der Waals surface area (Å²) in [6.45, 7) is 1.99. The fourth-order valence-corrected chi connectivity index (χ4v) is 3.45. The van der Waals surface area contributed by atoms with Gasteiger partial charge < -0.3 is 9.47 Å². The highest BCUT2D eigenvalue weighted by atomic mass is 16.5. The van der Waals surface area contributed by atoms with Crippen molar-refractivity contribution in [3.63, 3.8) is 0 Å². The Morgan fingerprint density at radius 2 is 2.04 bits per heavy atom. The lowest BCUT2D eigenvalue weighted by Crippen LogP contribution is -2.21. The number of methoxy groups -OCH3 is 2. The number of fused-ring (bicyclic) bond motifs is 2. The van der Waals surface area contributed by atoms with Gasteiger partial charge in [0.05, 0.1) is 25.5 Å². The highest BCUT2D eigenvalue weighted by Crippen LogP contribution is 2.38. The predicted molar refractivity (Wildman–Crippen MR) is 95.1 cm³/mol. The van der Waals surface area contributed by atoms with Crippen molar-refractivity contribution in [1.82, 2.24) is 19.6 Å². The number of nitrogens with zero attached hydrogens (tertiary/aromatic N) is 4. The second-order valence-electron chi connectivity index (χ2n) is 6.36. The summed E-state index contributed by atoms with van der Waals surface area (Å²) in [4.78, 5) is 21.8. The second-order valence-corrected chi connectivity index (χ2v) is 6.36. The molecular formula is C19H20N4O3. The van der Waals surface area contributed by atoms with Gasteiger partial charge in [0.2, 0.25) is 0 Å². The van der Waals surface area contributed by atoms with E-state index in [1.54, 1.807) is 24.9 Å². The summed E-state index contributed by atoms with van der Waals surface area (Å²) >= 11 is 0. The Kier molecular flexibility index (Phi) is 4.06. The molecule has 0 bridgehead atoms. The first-order valence-corrected chi connectivity index (χ1v) is 8.63. The number of hydrogen-bond acceptors (Lipinski definition) is 6. The van der Waals surface area contributed by atoms with Gasteiger partial charge in [-0.25, -0.2) is 9.50 Å². The fraction of sp³-hybridized carbons (Fsp3) is 0.368. The number of hydrogen-bond donors (Lipinski definition) is 0. The van der Waals surface area contributed by atoms with Crippen molar-refractivity contribution in [2.24, 2.45) is 0 Å². The van der Waals surface area contributed by atoms with Crippen LogP contribution in [0.2, 0.25) is 0 Å². The first kappa shape index (κ1) is 16.5. The minimum absolute atomic E-state index is 0.0133. The highest BCUT2D eigenvalue weighted by Gasteiger charge is 2.30. The van der Waals surface area contributed by atoms with Crippen LogP contribution in [0, 0.1) is 0 Å². The Bertz CT molecular complexity index is 996. The van der Waals surface area contributed by atoms with E-state index in [1.807, 2.05) is 25.1 Å². The van der Waals surface area contributed by atoms with E-state index < -0.39 is 0 Å². The summed E-state index contributed by atoms with van der Waals surface area (Å²) < 4.78 is 12.4. The lowest BCUT2D eigenvalue weighted by atomic mass is 9.82. The summed E-state index contributed by atoms with van der Waals surface area (Å²) in [6, 6.07) is 5.70.